The molecule has 24 heavy (non-hydrogen) atoms. The molecule has 1 atom stereocenters. The summed E-state index contributed by atoms with van der Waals surface area (Å²) >= 11 is 0. The lowest BCUT2D eigenvalue weighted by molar-refractivity contribution is 0.00584. The minimum Gasteiger partial charge on any atom is -0.370 e. The Morgan fingerprint density at radius 2 is 2.04 bits per heavy atom. The van der Waals surface area contributed by atoms with E-state index in [1.54, 1.807) is 14.1 Å². The average Bonchev–Trinajstić information content (AvgIpc) is 3.24. The third-order valence-electron chi connectivity index (χ3n) is 4.33. The van der Waals surface area contributed by atoms with Crippen LogP contribution in [0, 0.1) is 0 Å². The Labute approximate surface area is 142 Å². The van der Waals surface area contributed by atoms with Crippen LogP contribution in [0.4, 0.5) is 0 Å². The smallest absolute Gasteiger partial charge is 0.281 e. The first-order valence-corrected chi connectivity index (χ1v) is 9.60. The van der Waals surface area contributed by atoms with Gasteiger partial charge in [0.1, 0.15) is 12.7 Å². The summed E-state index contributed by atoms with van der Waals surface area (Å²) in [7, 11) is -0.256. The van der Waals surface area contributed by atoms with E-state index in [1.807, 2.05) is 0 Å². The molecule has 1 aromatic heterocycles. The summed E-state index contributed by atoms with van der Waals surface area (Å²) < 4.78 is 43.4. The van der Waals surface area contributed by atoms with Gasteiger partial charge in [0.25, 0.3) is 16.1 Å². The van der Waals surface area contributed by atoms with E-state index in [4.69, 9.17) is 14.0 Å². The fraction of sp³-hybridized carbons (Fsp3) is 0.857. The molecule has 1 unspecified atom stereocenters. The molecule has 0 saturated carbocycles. The first-order valence-electron chi connectivity index (χ1n) is 8.20. The molecule has 10 heteroatoms. The Morgan fingerprint density at radius 1 is 1.29 bits per heavy atom. The maximum atomic E-state index is 12.1. The Morgan fingerprint density at radius 3 is 2.67 bits per heavy atom. The van der Waals surface area contributed by atoms with Crippen molar-refractivity contribution in [3.8, 4) is 0 Å². The van der Waals surface area contributed by atoms with Gasteiger partial charge in [-0.15, -0.1) is 0 Å². The van der Waals surface area contributed by atoms with Gasteiger partial charge in [-0.1, -0.05) is 5.16 Å². The van der Waals surface area contributed by atoms with E-state index < -0.39 is 10.2 Å². The van der Waals surface area contributed by atoms with E-state index >= 15 is 0 Å². The van der Waals surface area contributed by atoms with Crippen molar-refractivity contribution in [3.63, 3.8) is 0 Å². The van der Waals surface area contributed by atoms with Gasteiger partial charge in [-0.3, -0.25) is 0 Å². The van der Waals surface area contributed by atoms with Gasteiger partial charge in [0.2, 0.25) is 0 Å². The maximum Gasteiger partial charge on any atom is 0.281 e. The second kappa shape index (κ2) is 7.44. The van der Waals surface area contributed by atoms with Gasteiger partial charge in [0.15, 0.2) is 5.82 Å². The molecule has 2 aliphatic rings. The highest BCUT2D eigenvalue weighted by atomic mass is 32.2. The minimum absolute atomic E-state index is 0.00305. The second-order valence-corrected chi connectivity index (χ2v) is 8.39. The molecular weight excluding hydrogens is 336 g/mol. The summed E-state index contributed by atoms with van der Waals surface area (Å²) in [6.45, 7) is 1.91. The molecule has 0 N–H and O–H groups in total. The predicted octanol–water partition coefficient (Wildman–Crippen LogP) is 0.709. The van der Waals surface area contributed by atoms with Gasteiger partial charge in [0, 0.05) is 33.8 Å². The molecule has 0 amide bonds. The lowest BCUT2D eigenvalue weighted by atomic mass is 10.1. The van der Waals surface area contributed by atoms with Gasteiger partial charge in [0.05, 0.1) is 6.10 Å². The van der Waals surface area contributed by atoms with Crippen LogP contribution in [0.2, 0.25) is 0 Å². The standard InChI is InChI=1S/C14H24N4O5S/c1-17(2)24(19,20)18-7-5-11(6-8-18)22-10-13-15-14(23-16-13)12-4-3-9-21-12/h11-12H,3-10H2,1-2H3. The number of aromatic nitrogens is 2. The molecule has 2 fully saturated rings. The molecule has 0 radical (unpaired) electrons. The highest BCUT2D eigenvalue weighted by Gasteiger charge is 2.30. The van der Waals surface area contributed by atoms with E-state index in [9.17, 15) is 8.42 Å². The first kappa shape index (κ1) is 17.7. The van der Waals surface area contributed by atoms with E-state index in [0.29, 0.717) is 37.6 Å². The topological polar surface area (TPSA) is 98.0 Å². The lowest BCUT2D eigenvalue weighted by Crippen LogP contribution is -2.45. The fourth-order valence-electron chi connectivity index (χ4n) is 2.88. The van der Waals surface area contributed by atoms with Crippen molar-refractivity contribution in [3.05, 3.63) is 11.7 Å². The number of rotatable bonds is 6. The highest BCUT2D eigenvalue weighted by molar-refractivity contribution is 7.86. The SMILES string of the molecule is CN(C)S(=O)(=O)N1CCC(OCc2noc(C3CCCO3)n2)CC1. The largest absolute Gasteiger partial charge is 0.370 e. The Bertz CT molecular complexity index is 633. The minimum atomic E-state index is -3.34. The molecule has 136 valence electrons. The third kappa shape index (κ3) is 3.94. The molecule has 0 aliphatic carbocycles. The molecule has 3 rings (SSSR count). The number of ether oxygens (including phenoxy) is 2. The van der Waals surface area contributed by atoms with Crippen LogP contribution in [-0.2, 0) is 26.3 Å². The van der Waals surface area contributed by atoms with Crippen molar-refractivity contribution in [2.24, 2.45) is 0 Å². The molecule has 2 aliphatic heterocycles. The zero-order valence-corrected chi connectivity index (χ0v) is 14.9. The Hall–Kier alpha value is -1.07. The van der Waals surface area contributed by atoms with Crippen molar-refractivity contribution in [1.82, 2.24) is 18.8 Å². The van der Waals surface area contributed by atoms with Gasteiger partial charge >= 0.3 is 0 Å². The van der Waals surface area contributed by atoms with Gasteiger partial charge in [-0.05, 0) is 25.7 Å². The van der Waals surface area contributed by atoms with Gasteiger partial charge < -0.3 is 14.0 Å². The molecule has 3 heterocycles. The second-order valence-electron chi connectivity index (χ2n) is 6.25. The zero-order valence-electron chi connectivity index (χ0n) is 14.0. The zero-order chi connectivity index (χ0) is 17.2. The Kier molecular flexibility index (Phi) is 5.50. The lowest BCUT2D eigenvalue weighted by Gasteiger charge is -2.32. The normalized spacial score (nSPS) is 24.0. The Balaban J connectivity index is 1.45. The molecule has 2 saturated heterocycles. The van der Waals surface area contributed by atoms with Crippen molar-refractivity contribution >= 4 is 10.2 Å². The molecule has 0 spiro atoms. The van der Waals surface area contributed by atoms with Crippen LogP contribution < -0.4 is 0 Å². The number of hydrogen-bond acceptors (Lipinski definition) is 7. The van der Waals surface area contributed by atoms with Gasteiger partial charge in [-0.2, -0.15) is 22.0 Å². The summed E-state index contributed by atoms with van der Waals surface area (Å²) in [5.41, 5.74) is 0. The molecule has 0 aromatic carbocycles. The van der Waals surface area contributed by atoms with Crippen LogP contribution in [0.3, 0.4) is 0 Å². The average molecular weight is 360 g/mol. The monoisotopic (exact) mass is 360 g/mol. The maximum absolute atomic E-state index is 12.1. The van der Waals surface area contributed by atoms with Gasteiger partial charge in [-0.25, -0.2) is 0 Å². The van der Waals surface area contributed by atoms with Crippen molar-refractivity contribution in [2.75, 3.05) is 33.8 Å². The molecule has 0 bridgehead atoms. The van der Waals surface area contributed by atoms with E-state index in [1.165, 1.54) is 8.61 Å². The van der Waals surface area contributed by atoms with Crippen molar-refractivity contribution in [2.45, 2.75) is 44.5 Å². The van der Waals surface area contributed by atoms with Crippen LogP contribution in [0.25, 0.3) is 0 Å². The number of nitrogens with zero attached hydrogens (tertiary/aromatic N) is 4. The molecule has 9 nitrogen and oxygen atoms in total. The summed E-state index contributed by atoms with van der Waals surface area (Å²) in [6.07, 6.45) is 3.13. The quantitative estimate of drug-likeness (QED) is 0.737. The summed E-state index contributed by atoms with van der Waals surface area (Å²) in [4.78, 5) is 4.31. The van der Waals surface area contributed by atoms with Crippen LogP contribution in [-0.4, -0.2) is 67.1 Å². The number of hydrogen-bond donors (Lipinski definition) is 0. The van der Waals surface area contributed by atoms with E-state index in [-0.39, 0.29) is 18.8 Å². The van der Waals surface area contributed by atoms with Crippen LogP contribution in [0.1, 0.15) is 43.5 Å². The summed E-state index contributed by atoms with van der Waals surface area (Å²) in [6, 6.07) is 0. The predicted molar refractivity (Wildman–Crippen MR) is 84.2 cm³/mol. The van der Waals surface area contributed by atoms with E-state index in [2.05, 4.69) is 10.1 Å². The third-order valence-corrected chi connectivity index (χ3v) is 6.27. The fourth-order valence-corrected chi connectivity index (χ4v) is 4.02. The highest BCUT2D eigenvalue weighted by Crippen LogP contribution is 2.27. The molecular formula is C14H24N4O5S. The first-order chi connectivity index (χ1) is 11.5. The van der Waals surface area contributed by atoms with Crippen LogP contribution in [0.5, 0.6) is 0 Å². The van der Waals surface area contributed by atoms with Crippen LogP contribution >= 0.6 is 0 Å². The molecule has 1 aromatic rings. The summed E-state index contributed by atoms with van der Waals surface area (Å²) in [5, 5.41) is 3.92. The summed E-state index contributed by atoms with van der Waals surface area (Å²) in [5.74, 6) is 1.02. The number of piperidine rings is 1. The van der Waals surface area contributed by atoms with Crippen molar-refractivity contribution < 1.29 is 22.4 Å². The van der Waals surface area contributed by atoms with Crippen molar-refractivity contribution in [1.29, 1.82) is 0 Å². The van der Waals surface area contributed by atoms with E-state index in [0.717, 1.165) is 19.4 Å². The van der Waals surface area contributed by atoms with Crippen LogP contribution in [0.15, 0.2) is 4.52 Å².